The number of pyridine rings is 1. The summed E-state index contributed by atoms with van der Waals surface area (Å²) in [5.74, 6) is -0.0416. The maximum Gasteiger partial charge on any atom is 0.368 e. The van der Waals surface area contributed by atoms with Crippen molar-refractivity contribution in [3.05, 3.63) is 35.1 Å². The number of phenolic OH excluding ortho intramolecular Hbond substituents is 1. The van der Waals surface area contributed by atoms with Gasteiger partial charge in [-0.3, -0.25) is 4.98 Å². The monoisotopic (exact) mass is 199 g/mol. The third-order valence-electron chi connectivity index (χ3n) is 2.24. The van der Waals surface area contributed by atoms with Gasteiger partial charge in [-0.25, -0.2) is 4.79 Å². The van der Waals surface area contributed by atoms with Crippen LogP contribution in [0.4, 0.5) is 4.79 Å². The topological polar surface area (TPSA) is 74.9 Å². The van der Waals surface area contributed by atoms with Gasteiger partial charge in [0, 0.05) is 11.6 Å². The maximum absolute atomic E-state index is 11.0. The number of hydrogen-bond acceptors (Lipinski definition) is 3. The molecule has 0 bridgehead atoms. The van der Waals surface area contributed by atoms with Gasteiger partial charge in [-0.15, -0.1) is 0 Å². The van der Waals surface area contributed by atoms with Gasteiger partial charge >= 0.3 is 6.03 Å². The first-order chi connectivity index (χ1) is 7.25. The van der Waals surface area contributed by atoms with Crippen molar-refractivity contribution in [2.24, 2.45) is 9.98 Å². The lowest BCUT2D eigenvalue weighted by molar-refractivity contribution is 0.256. The number of benzene rings is 1. The van der Waals surface area contributed by atoms with Crippen molar-refractivity contribution in [2.75, 3.05) is 0 Å². The van der Waals surface area contributed by atoms with E-state index in [0.717, 1.165) is 5.39 Å². The molecule has 0 saturated carbocycles. The van der Waals surface area contributed by atoms with Crippen molar-refractivity contribution in [3.8, 4) is 5.75 Å². The number of carbonyl (C=O) groups excluding carboxylic acids is 1. The molecule has 0 radical (unpaired) electrons. The third kappa shape index (κ3) is 1.03. The fraction of sp³-hybridized carbons (Fsp3) is 0. The van der Waals surface area contributed by atoms with Gasteiger partial charge in [-0.2, -0.15) is 9.98 Å². The molecule has 1 aromatic heterocycles. The number of urea groups is 1. The summed E-state index contributed by atoms with van der Waals surface area (Å²) in [6.07, 6.45) is 1.61. The number of nitrogens with zero attached hydrogens (tertiary/aromatic N) is 3. The Bertz CT molecular complexity index is 706. The molecule has 0 aliphatic carbocycles. The van der Waals surface area contributed by atoms with E-state index in [4.69, 9.17) is 0 Å². The summed E-state index contributed by atoms with van der Waals surface area (Å²) < 4.78 is 0. The van der Waals surface area contributed by atoms with Gasteiger partial charge in [0.25, 0.3) is 0 Å². The van der Waals surface area contributed by atoms with Crippen LogP contribution in [-0.4, -0.2) is 16.1 Å². The zero-order valence-corrected chi connectivity index (χ0v) is 7.51. The van der Waals surface area contributed by atoms with E-state index in [1.165, 1.54) is 6.07 Å². The molecular formula is C10H5N3O2. The summed E-state index contributed by atoms with van der Waals surface area (Å²) in [6.45, 7) is 0. The van der Waals surface area contributed by atoms with E-state index in [2.05, 4.69) is 15.0 Å². The zero-order valence-electron chi connectivity index (χ0n) is 7.51. The van der Waals surface area contributed by atoms with Crippen molar-refractivity contribution in [2.45, 2.75) is 0 Å². The second kappa shape index (κ2) is 2.60. The first kappa shape index (κ1) is 8.05. The summed E-state index contributed by atoms with van der Waals surface area (Å²) in [4.78, 5) is 22.5. The predicted molar refractivity (Wildman–Crippen MR) is 51.1 cm³/mol. The number of aromatic hydroxyl groups is 1. The van der Waals surface area contributed by atoms with Gasteiger partial charge in [0.2, 0.25) is 0 Å². The molecule has 1 N–H and O–H groups in total. The molecule has 0 unspecified atom stereocenters. The molecule has 1 aliphatic rings. The SMILES string of the molecule is O=C1N=c2c(O)cc3cccnc3c2=N1. The first-order valence-electron chi connectivity index (χ1n) is 4.34. The van der Waals surface area contributed by atoms with Crippen LogP contribution in [0.25, 0.3) is 10.9 Å². The Morgan fingerprint density at radius 3 is 2.87 bits per heavy atom. The number of phenols is 1. The summed E-state index contributed by atoms with van der Waals surface area (Å²) in [6, 6.07) is 4.47. The standard InChI is InChI=1S/C10H5N3O2/c14-6-4-5-2-1-3-11-7(5)9-8(6)12-10(15)13-9/h1-4,14H. The number of amides is 2. The Labute approximate surface area is 83.4 Å². The van der Waals surface area contributed by atoms with Crippen molar-refractivity contribution < 1.29 is 9.90 Å². The molecule has 0 saturated heterocycles. The zero-order chi connectivity index (χ0) is 10.4. The highest BCUT2D eigenvalue weighted by Crippen LogP contribution is 2.11. The number of aromatic nitrogens is 1. The van der Waals surface area contributed by atoms with Gasteiger partial charge in [0.05, 0.1) is 5.52 Å². The molecule has 3 rings (SSSR count). The highest BCUT2D eigenvalue weighted by Gasteiger charge is 2.12. The lowest BCUT2D eigenvalue weighted by Gasteiger charge is -1.96. The van der Waals surface area contributed by atoms with Crippen LogP contribution in [0.1, 0.15) is 0 Å². The Balaban J connectivity index is 2.67. The van der Waals surface area contributed by atoms with Gasteiger partial charge in [0.15, 0.2) is 0 Å². The quantitative estimate of drug-likeness (QED) is 0.663. The fourth-order valence-electron chi connectivity index (χ4n) is 1.61. The number of hydrogen-bond donors (Lipinski definition) is 1. The van der Waals surface area contributed by atoms with Crippen LogP contribution < -0.4 is 10.7 Å². The van der Waals surface area contributed by atoms with Crippen molar-refractivity contribution in [1.82, 2.24) is 4.98 Å². The van der Waals surface area contributed by atoms with Gasteiger partial charge < -0.3 is 5.11 Å². The largest absolute Gasteiger partial charge is 0.506 e. The summed E-state index contributed by atoms with van der Waals surface area (Å²) in [5.41, 5.74) is 0.583. The van der Waals surface area contributed by atoms with Crippen LogP contribution >= 0.6 is 0 Å². The van der Waals surface area contributed by atoms with Crippen molar-refractivity contribution in [3.63, 3.8) is 0 Å². The number of carbonyl (C=O) groups is 1. The summed E-state index contributed by atoms with van der Waals surface area (Å²) in [5, 5.41) is 10.9. The van der Waals surface area contributed by atoms with Crippen LogP contribution in [0.15, 0.2) is 34.4 Å². The third-order valence-corrected chi connectivity index (χ3v) is 2.24. The maximum atomic E-state index is 11.0. The molecule has 0 spiro atoms. The van der Waals surface area contributed by atoms with E-state index in [0.29, 0.717) is 10.9 Å². The van der Waals surface area contributed by atoms with Crippen molar-refractivity contribution in [1.29, 1.82) is 0 Å². The first-order valence-corrected chi connectivity index (χ1v) is 4.34. The molecular weight excluding hydrogens is 194 g/mol. The molecule has 2 amide bonds. The summed E-state index contributed by atoms with van der Waals surface area (Å²) >= 11 is 0. The lowest BCUT2D eigenvalue weighted by atomic mass is 10.2. The van der Waals surface area contributed by atoms with Gasteiger partial charge in [0.1, 0.15) is 16.5 Å². The molecule has 72 valence electrons. The Hall–Kier alpha value is -2.30. The van der Waals surface area contributed by atoms with Gasteiger partial charge in [-0.1, -0.05) is 6.07 Å². The molecule has 1 aliphatic heterocycles. The van der Waals surface area contributed by atoms with E-state index in [1.807, 2.05) is 0 Å². The average molecular weight is 199 g/mol. The molecule has 0 atom stereocenters. The number of rotatable bonds is 0. The van der Waals surface area contributed by atoms with Crippen molar-refractivity contribution >= 4 is 16.9 Å². The van der Waals surface area contributed by atoms with E-state index in [9.17, 15) is 9.90 Å². The van der Waals surface area contributed by atoms with Crippen LogP contribution in [0.2, 0.25) is 0 Å². The Morgan fingerprint density at radius 1 is 1.20 bits per heavy atom. The smallest absolute Gasteiger partial charge is 0.368 e. The fourth-order valence-corrected chi connectivity index (χ4v) is 1.61. The molecule has 2 heterocycles. The van der Waals surface area contributed by atoms with Crippen LogP contribution in [0.3, 0.4) is 0 Å². The van der Waals surface area contributed by atoms with E-state index >= 15 is 0 Å². The summed E-state index contributed by atoms with van der Waals surface area (Å²) in [7, 11) is 0. The second-order valence-corrected chi connectivity index (χ2v) is 3.17. The molecule has 5 nitrogen and oxygen atoms in total. The Kier molecular flexibility index (Phi) is 1.39. The average Bonchev–Trinajstić information content (AvgIpc) is 2.61. The molecule has 5 heteroatoms. The normalized spacial score (nSPS) is 13.5. The molecule has 15 heavy (non-hydrogen) atoms. The minimum Gasteiger partial charge on any atom is -0.506 e. The molecule has 0 fully saturated rings. The molecule has 2 aromatic rings. The molecule has 1 aromatic carbocycles. The minimum atomic E-state index is -0.599. The highest BCUT2D eigenvalue weighted by atomic mass is 16.3. The Morgan fingerprint density at radius 2 is 2.00 bits per heavy atom. The van der Waals surface area contributed by atoms with Crippen LogP contribution in [-0.2, 0) is 0 Å². The van der Waals surface area contributed by atoms with E-state index in [1.54, 1.807) is 18.3 Å². The number of fused-ring (bicyclic) bond motifs is 3. The minimum absolute atomic E-state index is 0.0416. The second-order valence-electron chi connectivity index (χ2n) is 3.17. The van der Waals surface area contributed by atoms with E-state index < -0.39 is 6.03 Å². The van der Waals surface area contributed by atoms with E-state index in [-0.39, 0.29) is 11.1 Å². The van der Waals surface area contributed by atoms with Crippen LogP contribution in [0, 0.1) is 0 Å². The van der Waals surface area contributed by atoms with Crippen LogP contribution in [0.5, 0.6) is 5.75 Å². The lowest BCUT2D eigenvalue weighted by Crippen LogP contribution is -2.23. The van der Waals surface area contributed by atoms with Gasteiger partial charge in [-0.05, 0) is 12.1 Å². The predicted octanol–water partition coefficient (Wildman–Crippen LogP) is 0.313. The highest BCUT2D eigenvalue weighted by molar-refractivity contribution is 5.85.